The van der Waals surface area contributed by atoms with Crippen LogP contribution in [0.25, 0.3) is 0 Å². The number of Topliss-reactive ketones (excluding diaryl/α,β-unsaturated/α-hetero) is 1. The third-order valence-electron chi connectivity index (χ3n) is 4.17. The van der Waals surface area contributed by atoms with Crippen LogP contribution in [-0.4, -0.2) is 20.2 Å². The van der Waals surface area contributed by atoms with E-state index < -0.39 is 0 Å². The number of nitrogen functional groups attached to an aromatic ring is 1. The van der Waals surface area contributed by atoms with Gasteiger partial charge in [0.25, 0.3) is 0 Å². The molecule has 0 saturated carbocycles. The topological polar surface area (TPSA) is 65.8 Å². The van der Waals surface area contributed by atoms with Gasteiger partial charge in [-0.05, 0) is 17.8 Å². The summed E-state index contributed by atoms with van der Waals surface area (Å²) in [6.45, 7) is 1.97. The fourth-order valence-corrected chi connectivity index (χ4v) is 3.09. The average Bonchev–Trinajstić information content (AvgIpc) is 2.95. The second kappa shape index (κ2) is 7.44. The molecule has 5 nitrogen and oxygen atoms in total. The Balaban J connectivity index is 2.03. The average molecular weight is 352 g/mol. The zero-order chi connectivity index (χ0) is 17.8. The number of aromatic nitrogens is 3. The van der Waals surface area contributed by atoms with E-state index in [1.807, 2.05) is 67.6 Å². The molecule has 1 aromatic heterocycles. The van der Waals surface area contributed by atoms with Gasteiger partial charge in [0.05, 0.1) is 6.04 Å². The standard InChI is InChI=1S/C19H20N4OS/c1-2-18-21-23(19(25)22(18)20)16(14-9-5-3-6-10-14)13-17(24)15-11-7-4-8-12-15/h3-12,16H,2,13,20H2,1H3/t16-/m1/s1. The summed E-state index contributed by atoms with van der Waals surface area (Å²) in [4.78, 5) is 12.8. The lowest BCUT2D eigenvalue weighted by Crippen LogP contribution is -2.18. The molecular formula is C19H20N4OS. The van der Waals surface area contributed by atoms with E-state index in [1.165, 1.54) is 4.68 Å². The molecule has 0 aliphatic heterocycles. The SMILES string of the molecule is CCc1nn([C@H](CC(=O)c2ccccc2)c2ccccc2)c(=S)n1N. The van der Waals surface area contributed by atoms with E-state index in [2.05, 4.69) is 5.10 Å². The monoisotopic (exact) mass is 352 g/mol. The fourth-order valence-electron chi connectivity index (χ4n) is 2.82. The van der Waals surface area contributed by atoms with Crippen molar-refractivity contribution in [1.29, 1.82) is 0 Å². The molecule has 6 heteroatoms. The zero-order valence-corrected chi connectivity index (χ0v) is 14.8. The predicted octanol–water partition coefficient (Wildman–Crippen LogP) is 3.55. The molecule has 25 heavy (non-hydrogen) atoms. The molecule has 2 aromatic carbocycles. The molecule has 0 saturated heterocycles. The lowest BCUT2D eigenvalue weighted by molar-refractivity contribution is 0.0967. The molecule has 1 heterocycles. The number of nitrogens with zero attached hydrogens (tertiary/aromatic N) is 3. The molecule has 128 valence electrons. The minimum Gasteiger partial charge on any atom is -0.335 e. The van der Waals surface area contributed by atoms with E-state index in [0.717, 1.165) is 5.56 Å². The fraction of sp³-hybridized carbons (Fsp3) is 0.211. The largest absolute Gasteiger partial charge is 0.335 e. The zero-order valence-electron chi connectivity index (χ0n) is 14.0. The maximum Gasteiger partial charge on any atom is 0.217 e. The van der Waals surface area contributed by atoms with Crippen molar-refractivity contribution in [3.05, 3.63) is 82.4 Å². The molecular weight excluding hydrogens is 332 g/mol. The molecule has 0 aliphatic carbocycles. The predicted molar refractivity (Wildman–Crippen MR) is 101 cm³/mol. The van der Waals surface area contributed by atoms with Crippen molar-refractivity contribution >= 4 is 18.0 Å². The highest BCUT2D eigenvalue weighted by Gasteiger charge is 2.22. The summed E-state index contributed by atoms with van der Waals surface area (Å²) in [5, 5.41) is 4.55. The number of ketones is 1. The smallest absolute Gasteiger partial charge is 0.217 e. The van der Waals surface area contributed by atoms with Crippen molar-refractivity contribution in [2.45, 2.75) is 25.8 Å². The first-order chi connectivity index (χ1) is 12.1. The number of hydrogen-bond acceptors (Lipinski definition) is 4. The van der Waals surface area contributed by atoms with Gasteiger partial charge in [-0.1, -0.05) is 67.6 Å². The molecule has 0 amide bonds. The summed E-state index contributed by atoms with van der Waals surface area (Å²) >= 11 is 5.45. The van der Waals surface area contributed by atoms with E-state index in [-0.39, 0.29) is 18.2 Å². The maximum absolute atomic E-state index is 12.8. The van der Waals surface area contributed by atoms with Crippen LogP contribution in [-0.2, 0) is 6.42 Å². The van der Waals surface area contributed by atoms with Gasteiger partial charge >= 0.3 is 0 Å². The molecule has 0 fully saturated rings. The molecule has 0 unspecified atom stereocenters. The van der Waals surface area contributed by atoms with Gasteiger partial charge in [0, 0.05) is 18.4 Å². The first-order valence-electron chi connectivity index (χ1n) is 8.20. The van der Waals surface area contributed by atoms with Crippen LogP contribution in [0.2, 0.25) is 0 Å². The Bertz CT molecular complexity index is 916. The highest BCUT2D eigenvalue weighted by molar-refractivity contribution is 7.71. The van der Waals surface area contributed by atoms with Gasteiger partial charge in [-0.2, -0.15) is 5.10 Å². The van der Waals surface area contributed by atoms with Crippen molar-refractivity contribution in [3.63, 3.8) is 0 Å². The van der Waals surface area contributed by atoms with E-state index >= 15 is 0 Å². The molecule has 0 spiro atoms. The van der Waals surface area contributed by atoms with Crippen molar-refractivity contribution < 1.29 is 4.79 Å². The highest BCUT2D eigenvalue weighted by atomic mass is 32.1. The summed E-state index contributed by atoms with van der Waals surface area (Å²) in [5.41, 5.74) is 1.65. The van der Waals surface area contributed by atoms with Crippen LogP contribution in [0.1, 0.15) is 41.1 Å². The molecule has 0 radical (unpaired) electrons. The molecule has 3 rings (SSSR count). The summed E-state index contributed by atoms with van der Waals surface area (Å²) in [5.74, 6) is 6.75. The van der Waals surface area contributed by atoms with E-state index in [1.54, 1.807) is 4.68 Å². The van der Waals surface area contributed by atoms with Crippen molar-refractivity contribution in [1.82, 2.24) is 14.5 Å². The summed E-state index contributed by atoms with van der Waals surface area (Å²) in [6, 6.07) is 18.8. The molecule has 0 bridgehead atoms. The Kier molecular flexibility index (Phi) is 5.09. The number of benzene rings is 2. The quantitative estimate of drug-likeness (QED) is 0.418. The van der Waals surface area contributed by atoms with E-state index in [9.17, 15) is 4.79 Å². The minimum absolute atomic E-state index is 0.0426. The molecule has 0 aliphatic rings. The van der Waals surface area contributed by atoms with Gasteiger partial charge in [-0.3, -0.25) is 4.79 Å². The number of carbonyl (C=O) groups is 1. The summed E-state index contributed by atoms with van der Waals surface area (Å²) < 4.78 is 3.51. The van der Waals surface area contributed by atoms with Crippen LogP contribution in [0.3, 0.4) is 0 Å². The number of hydrogen-bond donors (Lipinski definition) is 1. The first kappa shape index (κ1) is 17.1. The minimum atomic E-state index is -0.295. The molecule has 3 aromatic rings. The number of rotatable bonds is 6. The van der Waals surface area contributed by atoms with E-state index in [0.29, 0.717) is 22.6 Å². The Morgan fingerprint density at radius 3 is 2.28 bits per heavy atom. The number of nitrogens with two attached hydrogens (primary N) is 1. The Labute approximate surface area is 151 Å². The summed E-state index contributed by atoms with van der Waals surface area (Å²) in [6.07, 6.45) is 0.934. The van der Waals surface area contributed by atoms with Crippen molar-refractivity contribution in [3.8, 4) is 0 Å². The van der Waals surface area contributed by atoms with E-state index in [4.69, 9.17) is 18.1 Å². The second-order valence-corrected chi connectivity index (χ2v) is 6.15. The molecule has 2 N–H and O–H groups in total. The van der Waals surface area contributed by atoms with Crippen LogP contribution in [0.15, 0.2) is 60.7 Å². The second-order valence-electron chi connectivity index (χ2n) is 5.79. The Hall–Kier alpha value is -2.73. The molecule has 1 atom stereocenters. The lowest BCUT2D eigenvalue weighted by atomic mass is 9.98. The number of aryl methyl sites for hydroxylation is 1. The Morgan fingerprint density at radius 2 is 1.72 bits per heavy atom. The lowest BCUT2D eigenvalue weighted by Gasteiger charge is -2.17. The first-order valence-corrected chi connectivity index (χ1v) is 8.61. The van der Waals surface area contributed by atoms with Crippen LogP contribution < -0.4 is 5.84 Å². The van der Waals surface area contributed by atoms with Gasteiger partial charge in [-0.25, -0.2) is 9.36 Å². The van der Waals surface area contributed by atoms with Crippen LogP contribution >= 0.6 is 12.2 Å². The van der Waals surface area contributed by atoms with Gasteiger partial charge in [0.2, 0.25) is 4.77 Å². The Morgan fingerprint density at radius 1 is 1.12 bits per heavy atom. The third-order valence-corrected chi connectivity index (χ3v) is 4.56. The van der Waals surface area contributed by atoms with Gasteiger partial charge in [0.1, 0.15) is 0 Å². The number of carbonyl (C=O) groups excluding carboxylic acids is 1. The summed E-state index contributed by atoms with van der Waals surface area (Å²) in [7, 11) is 0. The van der Waals surface area contributed by atoms with Crippen molar-refractivity contribution in [2.24, 2.45) is 0 Å². The maximum atomic E-state index is 12.8. The van der Waals surface area contributed by atoms with Crippen molar-refractivity contribution in [2.75, 3.05) is 5.84 Å². The van der Waals surface area contributed by atoms with Crippen LogP contribution in [0.4, 0.5) is 0 Å². The normalized spacial score (nSPS) is 12.0. The van der Waals surface area contributed by atoms with Gasteiger partial charge < -0.3 is 5.84 Å². The van der Waals surface area contributed by atoms with Gasteiger partial charge in [-0.15, -0.1) is 0 Å². The van der Waals surface area contributed by atoms with Crippen LogP contribution in [0.5, 0.6) is 0 Å². The highest BCUT2D eigenvalue weighted by Crippen LogP contribution is 2.24. The van der Waals surface area contributed by atoms with Gasteiger partial charge in [0.15, 0.2) is 11.6 Å². The third kappa shape index (κ3) is 3.53. The van der Waals surface area contributed by atoms with Crippen LogP contribution in [0, 0.1) is 4.77 Å².